The van der Waals surface area contributed by atoms with Crippen molar-refractivity contribution in [3.05, 3.63) is 50.9 Å². The summed E-state index contributed by atoms with van der Waals surface area (Å²) >= 11 is 1.43. The first-order valence-electron chi connectivity index (χ1n) is 8.83. The predicted molar refractivity (Wildman–Crippen MR) is 106 cm³/mol. The van der Waals surface area contributed by atoms with Gasteiger partial charge in [-0.25, -0.2) is 4.98 Å². The molecule has 2 aromatic heterocycles. The number of hydrogen-bond acceptors (Lipinski definition) is 7. The van der Waals surface area contributed by atoms with Crippen LogP contribution in [0.1, 0.15) is 29.6 Å². The van der Waals surface area contributed by atoms with Crippen molar-refractivity contribution < 1.29 is 9.47 Å². The minimum absolute atomic E-state index is 0.137. The van der Waals surface area contributed by atoms with Crippen LogP contribution in [0.4, 0.5) is 0 Å². The molecule has 0 bridgehead atoms. The molecule has 0 aliphatic heterocycles. The molecule has 0 amide bonds. The summed E-state index contributed by atoms with van der Waals surface area (Å²) in [6.07, 6.45) is 1.01. The van der Waals surface area contributed by atoms with Crippen LogP contribution in [0, 0.1) is 6.92 Å². The number of hydrogen-bond donors (Lipinski definition) is 0. The molecule has 0 N–H and O–H groups in total. The summed E-state index contributed by atoms with van der Waals surface area (Å²) in [4.78, 5) is 19.8. The van der Waals surface area contributed by atoms with Crippen LogP contribution >= 0.6 is 11.3 Å². The third-order valence-electron chi connectivity index (χ3n) is 4.18. The van der Waals surface area contributed by atoms with Crippen molar-refractivity contribution in [2.45, 2.75) is 33.4 Å². The fourth-order valence-corrected chi connectivity index (χ4v) is 3.80. The molecule has 0 fully saturated rings. The molecule has 0 spiro atoms. The lowest BCUT2D eigenvalue weighted by Gasteiger charge is -2.22. The van der Waals surface area contributed by atoms with E-state index in [0.717, 1.165) is 35.8 Å². The summed E-state index contributed by atoms with van der Waals surface area (Å²) in [6, 6.07) is 7.50. The van der Waals surface area contributed by atoms with Crippen LogP contribution in [0.25, 0.3) is 4.96 Å². The number of aromatic nitrogens is 3. The van der Waals surface area contributed by atoms with Gasteiger partial charge in [-0.3, -0.25) is 9.69 Å². The van der Waals surface area contributed by atoms with Gasteiger partial charge in [0, 0.05) is 19.2 Å². The Morgan fingerprint density at radius 3 is 2.63 bits per heavy atom. The molecule has 27 heavy (non-hydrogen) atoms. The van der Waals surface area contributed by atoms with Crippen molar-refractivity contribution in [3.63, 3.8) is 0 Å². The van der Waals surface area contributed by atoms with E-state index in [1.54, 1.807) is 20.3 Å². The van der Waals surface area contributed by atoms with E-state index in [1.165, 1.54) is 15.9 Å². The second-order valence-corrected chi connectivity index (χ2v) is 7.46. The molecule has 0 saturated carbocycles. The van der Waals surface area contributed by atoms with Crippen molar-refractivity contribution in [2.24, 2.45) is 0 Å². The average molecular weight is 388 g/mol. The van der Waals surface area contributed by atoms with Crippen molar-refractivity contribution >= 4 is 16.3 Å². The van der Waals surface area contributed by atoms with E-state index in [0.29, 0.717) is 23.0 Å². The number of benzene rings is 1. The Hall–Kier alpha value is -2.45. The normalized spacial score (nSPS) is 11.3. The SMILES string of the molecule is CCCN(Cc1ccc(OC)c(OC)c1)Cc1cc(=O)n2nc(C)sc2n1. The lowest BCUT2D eigenvalue weighted by molar-refractivity contribution is 0.253. The Bertz CT molecular complexity index is 983. The minimum atomic E-state index is -0.137. The molecule has 1 aromatic carbocycles. The summed E-state index contributed by atoms with van der Waals surface area (Å²) in [5.41, 5.74) is 1.74. The first kappa shape index (κ1) is 19.3. The lowest BCUT2D eigenvalue weighted by atomic mass is 10.1. The molecular weight excluding hydrogens is 364 g/mol. The molecule has 8 heteroatoms. The smallest absolute Gasteiger partial charge is 0.275 e. The number of fused-ring (bicyclic) bond motifs is 1. The monoisotopic (exact) mass is 388 g/mol. The predicted octanol–water partition coefficient (Wildman–Crippen LogP) is 2.89. The Labute approximate surface area is 162 Å². The van der Waals surface area contributed by atoms with Gasteiger partial charge in [-0.15, -0.1) is 0 Å². The molecule has 3 aromatic rings. The lowest BCUT2D eigenvalue weighted by Crippen LogP contribution is -2.26. The van der Waals surface area contributed by atoms with Crippen LogP contribution in [-0.2, 0) is 13.1 Å². The summed E-state index contributed by atoms with van der Waals surface area (Å²) < 4.78 is 12.1. The number of rotatable bonds is 8. The Morgan fingerprint density at radius 2 is 1.93 bits per heavy atom. The van der Waals surface area contributed by atoms with Gasteiger partial charge in [-0.1, -0.05) is 24.3 Å². The second-order valence-electron chi connectivity index (χ2n) is 6.30. The van der Waals surface area contributed by atoms with E-state index in [4.69, 9.17) is 9.47 Å². The molecule has 144 valence electrons. The third kappa shape index (κ3) is 4.45. The Kier molecular flexibility index (Phi) is 6.08. The highest BCUT2D eigenvalue weighted by Crippen LogP contribution is 2.28. The largest absolute Gasteiger partial charge is 0.493 e. The quantitative estimate of drug-likeness (QED) is 0.591. The van der Waals surface area contributed by atoms with Gasteiger partial charge in [0.1, 0.15) is 5.01 Å². The van der Waals surface area contributed by atoms with E-state index in [9.17, 15) is 4.79 Å². The summed E-state index contributed by atoms with van der Waals surface area (Å²) in [7, 11) is 3.26. The highest BCUT2D eigenvalue weighted by atomic mass is 32.1. The molecule has 0 aliphatic rings. The van der Waals surface area contributed by atoms with E-state index in [2.05, 4.69) is 21.9 Å². The maximum Gasteiger partial charge on any atom is 0.275 e. The zero-order chi connectivity index (χ0) is 19.4. The molecule has 0 saturated heterocycles. The Balaban J connectivity index is 1.83. The molecule has 0 aliphatic carbocycles. The summed E-state index contributed by atoms with van der Waals surface area (Å²) in [5.74, 6) is 1.42. The zero-order valence-corrected chi connectivity index (χ0v) is 16.9. The average Bonchev–Trinajstić information content (AvgIpc) is 3.02. The first-order chi connectivity index (χ1) is 13.0. The van der Waals surface area contributed by atoms with Crippen LogP contribution < -0.4 is 15.0 Å². The van der Waals surface area contributed by atoms with Gasteiger partial charge in [-0.2, -0.15) is 9.61 Å². The first-order valence-corrected chi connectivity index (χ1v) is 9.65. The molecule has 3 rings (SSSR count). The zero-order valence-electron chi connectivity index (χ0n) is 16.1. The fourth-order valence-electron chi connectivity index (χ4n) is 3.03. The van der Waals surface area contributed by atoms with Crippen LogP contribution in [0.3, 0.4) is 0 Å². The fraction of sp³-hybridized carbons (Fsp3) is 0.421. The van der Waals surface area contributed by atoms with Gasteiger partial charge < -0.3 is 9.47 Å². The van der Waals surface area contributed by atoms with E-state index >= 15 is 0 Å². The van der Waals surface area contributed by atoms with E-state index in [-0.39, 0.29) is 5.56 Å². The third-order valence-corrected chi connectivity index (χ3v) is 5.00. The van der Waals surface area contributed by atoms with Gasteiger partial charge in [0.25, 0.3) is 5.56 Å². The van der Waals surface area contributed by atoms with Crippen LogP contribution in [0.2, 0.25) is 0 Å². The molecule has 0 atom stereocenters. The van der Waals surface area contributed by atoms with Crippen LogP contribution in [0.5, 0.6) is 11.5 Å². The van der Waals surface area contributed by atoms with Gasteiger partial charge >= 0.3 is 0 Å². The molecular formula is C19H24N4O3S. The van der Waals surface area contributed by atoms with Gasteiger partial charge in [0.15, 0.2) is 11.5 Å². The van der Waals surface area contributed by atoms with E-state index < -0.39 is 0 Å². The van der Waals surface area contributed by atoms with Crippen molar-refractivity contribution in [1.29, 1.82) is 0 Å². The van der Waals surface area contributed by atoms with Crippen molar-refractivity contribution in [3.8, 4) is 11.5 Å². The highest BCUT2D eigenvalue weighted by Gasteiger charge is 2.13. The van der Waals surface area contributed by atoms with Crippen LogP contribution in [-0.4, -0.2) is 40.3 Å². The number of nitrogens with zero attached hydrogens (tertiary/aromatic N) is 4. The van der Waals surface area contributed by atoms with Gasteiger partial charge in [-0.05, 0) is 37.6 Å². The maximum absolute atomic E-state index is 12.3. The van der Waals surface area contributed by atoms with Crippen molar-refractivity contribution in [2.75, 3.05) is 20.8 Å². The summed E-state index contributed by atoms with van der Waals surface area (Å²) in [6.45, 7) is 6.25. The number of aryl methyl sites for hydroxylation is 1. The van der Waals surface area contributed by atoms with Gasteiger partial charge in [0.2, 0.25) is 4.96 Å². The number of methoxy groups -OCH3 is 2. The second kappa shape index (κ2) is 8.49. The topological polar surface area (TPSA) is 69.0 Å². The Morgan fingerprint density at radius 1 is 1.15 bits per heavy atom. The standard InChI is InChI=1S/C19H24N4O3S/c1-5-8-22(11-14-6-7-16(25-3)17(9-14)26-4)12-15-10-18(24)23-19(20-15)27-13(2)21-23/h6-7,9-10H,5,8,11-12H2,1-4H3. The van der Waals surface area contributed by atoms with E-state index in [1.807, 2.05) is 25.1 Å². The highest BCUT2D eigenvalue weighted by molar-refractivity contribution is 7.16. The maximum atomic E-state index is 12.3. The molecule has 0 radical (unpaired) electrons. The summed E-state index contributed by atoms with van der Waals surface area (Å²) in [5, 5.41) is 5.02. The molecule has 2 heterocycles. The number of ether oxygens (including phenoxy) is 2. The minimum Gasteiger partial charge on any atom is -0.493 e. The van der Waals surface area contributed by atoms with Crippen LogP contribution in [0.15, 0.2) is 29.1 Å². The van der Waals surface area contributed by atoms with Crippen molar-refractivity contribution in [1.82, 2.24) is 19.5 Å². The molecule has 0 unspecified atom stereocenters. The molecule has 7 nitrogen and oxygen atoms in total. The van der Waals surface area contributed by atoms with Gasteiger partial charge in [0.05, 0.1) is 19.9 Å².